The first-order valence-electron chi connectivity index (χ1n) is 5.91. The van der Waals surface area contributed by atoms with Crippen molar-refractivity contribution in [2.75, 3.05) is 7.11 Å². The molecule has 1 fully saturated rings. The molecule has 0 saturated heterocycles. The summed E-state index contributed by atoms with van der Waals surface area (Å²) < 4.78 is 5.06. The van der Waals surface area contributed by atoms with Crippen molar-refractivity contribution in [2.24, 2.45) is 0 Å². The SMILES string of the molecule is COCc1cc(Cl)nc(CSC2CCCC2)n1. The number of halogens is 1. The quantitative estimate of drug-likeness (QED) is 0.769. The Bertz CT molecular complexity index is 370. The number of hydrogen-bond acceptors (Lipinski definition) is 4. The van der Waals surface area contributed by atoms with Gasteiger partial charge in [0.25, 0.3) is 0 Å². The average molecular weight is 273 g/mol. The molecular formula is C12H17ClN2OS. The van der Waals surface area contributed by atoms with Crippen LogP contribution in [-0.4, -0.2) is 22.3 Å². The number of hydrogen-bond donors (Lipinski definition) is 0. The standard InChI is InChI=1S/C12H17ClN2OS/c1-16-7-9-6-11(13)15-12(14-9)8-17-10-4-2-3-5-10/h6,10H,2-5,7-8H2,1H3. The third-order valence-electron chi connectivity index (χ3n) is 2.84. The lowest BCUT2D eigenvalue weighted by atomic mass is 10.4. The fraction of sp³-hybridized carbons (Fsp3) is 0.667. The number of methoxy groups -OCH3 is 1. The molecular weight excluding hydrogens is 256 g/mol. The van der Waals surface area contributed by atoms with Gasteiger partial charge in [-0.1, -0.05) is 24.4 Å². The Morgan fingerprint density at radius 3 is 2.88 bits per heavy atom. The van der Waals surface area contributed by atoms with Crippen LogP contribution in [0, 0.1) is 0 Å². The van der Waals surface area contributed by atoms with Gasteiger partial charge in [0.1, 0.15) is 11.0 Å². The molecule has 0 aliphatic heterocycles. The van der Waals surface area contributed by atoms with E-state index in [4.69, 9.17) is 16.3 Å². The van der Waals surface area contributed by atoms with Crippen molar-refractivity contribution in [1.29, 1.82) is 0 Å². The van der Waals surface area contributed by atoms with Crippen molar-refractivity contribution < 1.29 is 4.74 Å². The molecule has 1 aliphatic carbocycles. The Morgan fingerprint density at radius 2 is 2.18 bits per heavy atom. The summed E-state index contributed by atoms with van der Waals surface area (Å²) in [6, 6.07) is 1.76. The lowest BCUT2D eigenvalue weighted by Crippen LogP contribution is -2.02. The predicted octanol–water partition coefficient (Wildman–Crippen LogP) is 3.45. The maximum Gasteiger partial charge on any atom is 0.140 e. The van der Waals surface area contributed by atoms with Gasteiger partial charge < -0.3 is 4.74 Å². The van der Waals surface area contributed by atoms with Crippen LogP contribution in [0.5, 0.6) is 0 Å². The molecule has 5 heteroatoms. The van der Waals surface area contributed by atoms with Crippen LogP contribution < -0.4 is 0 Å². The third kappa shape index (κ3) is 4.12. The Labute approximate surface area is 111 Å². The van der Waals surface area contributed by atoms with E-state index in [1.54, 1.807) is 13.2 Å². The molecule has 0 N–H and O–H groups in total. The molecule has 3 nitrogen and oxygen atoms in total. The van der Waals surface area contributed by atoms with Crippen LogP contribution in [0.4, 0.5) is 0 Å². The van der Waals surface area contributed by atoms with E-state index in [-0.39, 0.29) is 0 Å². The zero-order valence-corrected chi connectivity index (χ0v) is 11.6. The van der Waals surface area contributed by atoms with Gasteiger partial charge in [-0.15, -0.1) is 0 Å². The largest absolute Gasteiger partial charge is 0.378 e. The molecule has 2 rings (SSSR count). The summed E-state index contributed by atoms with van der Waals surface area (Å²) in [4.78, 5) is 8.70. The van der Waals surface area contributed by atoms with Gasteiger partial charge in [0, 0.05) is 12.4 Å². The number of thioether (sulfide) groups is 1. The Kier molecular flexibility index (Phi) is 5.07. The number of rotatable bonds is 5. The van der Waals surface area contributed by atoms with Crippen molar-refractivity contribution in [1.82, 2.24) is 9.97 Å². The first kappa shape index (κ1) is 13.1. The molecule has 1 aliphatic rings. The fourth-order valence-electron chi connectivity index (χ4n) is 2.05. The smallest absolute Gasteiger partial charge is 0.140 e. The van der Waals surface area contributed by atoms with E-state index in [2.05, 4.69) is 9.97 Å². The van der Waals surface area contributed by atoms with Gasteiger partial charge >= 0.3 is 0 Å². The average Bonchev–Trinajstić information content (AvgIpc) is 2.79. The normalized spacial score (nSPS) is 16.6. The van der Waals surface area contributed by atoms with Crippen LogP contribution in [0.15, 0.2) is 6.07 Å². The summed E-state index contributed by atoms with van der Waals surface area (Å²) in [6.07, 6.45) is 5.39. The zero-order valence-electron chi connectivity index (χ0n) is 9.99. The summed E-state index contributed by atoms with van der Waals surface area (Å²) in [5.41, 5.74) is 0.856. The Balaban J connectivity index is 1.94. The van der Waals surface area contributed by atoms with Crippen LogP contribution in [0.1, 0.15) is 37.2 Å². The summed E-state index contributed by atoms with van der Waals surface area (Å²) in [5.74, 6) is 1.67. The second-order valence-corrected chi connectivity index (χ2v) is 5.92. The molecule has 17 heavy (non-hydrogen) atoms. The molecule has 94 valence electrons. The highest BCUT2D eigenvalue weighted by atomic mass is 35.5. The maximum absolute atomic E-state index is 5.97. The van der Waals surface area contributed by atoms with Crippen molar-refractivity contribution in [3.05, 3.63) is 22.7 Å². The van der Waals surface area contributed by atoms with Crippen molar-refractivity contribution in [3.63, 3.8) is 0 Å². The molecule has 1 aromatic heterocycles. The summed E-state index contributed by atoms with van der Waals surface area (Å²) >= 11 is 7.91. The molecule has 0 atom stereocenters. The summed E-state index contributed by atoms with van der Waals surface area (Å²) in [5, 5.41) is 1.29. The molecule has 1 saturated carbocycles. The molecule has 0 unspecified atom stereocenters. The van der Waals surface area contributed by atoms with E-state index >= 15 is 0 Å². The highest BCUT2D eigenvalue weighted by Gasteiger charge is 2.16. The molecule has 0 bridgehead atoms. The minimum absolute atomic E-state index is 0.489. The maximum atomic E-state index is 5.97. The first-order chi connectivity index (χ1) is 8.28. The fourth-order valence-corrected chi connectivity index (χ4v) is 3.45. The molecule has 1 heterocycles. The highest BCUT2D eigenvalue weighted by Crippen LogP contribution is 2.31. The monoisotopic (exact) mass is 272 g/mol. The van der Waals surface area contributed by atoms with Crippen molar-refractivity contribution in [2.45, 2.75) is 43.3 Å². The van der Waals surface area contributed by atoms with E-state index in [0.717, 1.165) is 22.5 Å². The first-order valence-corrected chi connectivity index (χ1v) is 7.33. The highest BCUT2D eigenvalue weighted by molar-refractivity contribution is 7.99. The molecule has 0 aromatic carbocycles. The van der Waals surface area contributed by atoms with E-state index in [9.17, 15) is 0 Å². The van der Waals surface area contributed by atoms with Crippen molar-refractivity contribution >= 4 is 23.4 Å². The Morgan fingerprint density at radius 1 is 1.41 bits per heavy atom. The van der Waals surface area contributed by atoms with Gasteiger partial charge in [0.05, 0.1) is 18.1 Å². The van der Waals surface area contributed by atoms with Gasteiger partial charge in [-0.2, -0.15) is 11.8 Å². The summed E-state index contributed by atoms with van der Waals surface area (Å²) in [6.45, 7) is 0.489. The van der Waals surface area contributed by atoms with Gasteiger partial charge in [-0.3, -0.25) is 0 Å². The lowest BCUT2D eigenvalue weighted by Gasteiger charge is -2.08. The molecule has 1 aromatic rings. The number of aromatic nitrogens is 2. The van der Waals surface area contributed by atoms with Crippen molar-refractivity contribution in [3.8, 4) is 0 Å². The zero-order chi connectivity index (χ0) is 12.1. The van der Waals surface area contributed by atoms with Crippen LogP contribution in [0.2, 0.25) is 5.15 Å². The third-order valence-corrected chi connectivity index (χ3v) is 4.40. The van der Waals surface area contributed by atoms with Gasteiger partial charge in [-0.25, -0.2) is 9.97 Å². The second-order valence-electron chi connectivity index (χ2n) is 4.25. The van der Waals surface area contributed by atoms with E-state index < -0.39 is 0 Å². The minimum atomic E-state index is 0.489. The van der Waals surface area contributed by atoms with Crippen LogP contribution in [0.25, 0.3) is 0 Å². The van der Waals surface area contributed by atoms with Crippen LogP contribution >= 0.6 is 23.4 Å². The van der Waals surface area contributed by atoms with E-state index in [1.807, 2.05) is 11.8 Å². The number of nitrogens with zero attached hydrogens (tertiary/aromatic N) is 2. The molecule has 0 amide bonds. The minimum Gasteiger partial charge on any atom is -0.378 e. The van der Waals surface area contributed by atoms with Gasteiger partial charge in [0.2, 0.25) is 0 Å². The topological polar surface area (TPSA) is 35.0 Å². The predicted molar refractivity (Wildman–Crippen MR) is 71.3 cm³/mol. The lowest BCUT2D eigenvalue weighted by molar-refractivity contribution is 0.181. The summed E-state index contributed by atoms with van der Waals surface area (Å²) in [7, 11) is 1.66. The van der Waals surface area contributed by atoms with E-state index in [0.29, 0.717) is 11.8 Å². The van der Waals surface area contributed by atoms with Crippen LogP contribution in [0.3, 0.4) is 0 Å². The Hall–Kier alpha value is -0.320. The molecule has 0 spiro atoms. The van der Waals surface area contributed by atoms with Crippen LogP contribution in [-0.2, 0) is 17.1 Å². The van der Waals surface area contributed by atoms with Gasteiger partial charge in [0.15, 0.2) is 0 Å². The second kappa shape index (κ2) is 6.57. The number of ether oxygens (including phenoxy) is 1. The van der Waals surface area contributed by atoms with E-state index in [1.165, 1.54) is 25.7 Å². The van der Waals surface area contributed by atoms with Gasteiger partial charge in [-0.05, 0) is 18.9 Å². The molecule has 0 radical (unpaired) electrons.